The van der Waals surface area contributed by atoms with E-state index < -0.39 is 36.5 Å². The number of ketones is 1. The third-order valence-electron chi connectivity index (χ3n) is 3.37. The van der Waals surface area contributed by atoms with E-state index in [1.54, 1.807) is 0 Å². The van der Waals surface area contributed by atoms with Crippen molar-refractivity contribution in [1.82, 2.24) is 18.7 Å². The van der Waals surface area contributed by atoms with Gasteiger partial charge in [-0.15, -0.1) is 0 Å². The van der Waals surface area contributed by atoms with Crippen LogP contribution in [0, 0.1) is 0 Å². The van der Waals surface area contributed by atoms with Crippen molar-refractivity contribution in [2.24, 2.45) is 7.05 Å². The Kier molecular flexibility index (Phi) is 2.77. The average molecular weight is 313 g/mol. The zero-order valence-electron chi connectivity index (χ0n) is 19.4. The van der Waals surface area contributed by atoms with Crippen LogP contribution in [0.25, 0.3) is 11.2 Å². The molecule has 0 amide bonds. The van der Waals surface area contributed by atoms with E-state index in [0.717, 1.165) is 15.5 Å². The summed E-state index contributed by atoms with van der Waals surface area (Å²) in [6.07, 6.45) is -1.45. The highest BCUT2D eigenvalue weighted by Crippen LogP contribution is 2.07. The van der Waals surface area contributed by atoms with Crippen LogP contribution >= 0.6 is 0 Å². The molecule has 22 heavy (non-hydrogen) atoms. The first-order chi connectivity index (χ1) is 13.1. The summed E-state index contributed by atoms with van der Waals surface area (Å²) in [5.74, 6) is -0.0288. The van der Waals surface area contributed by atoms with E-state index in [0.29, 0.717) is 17.4 Å². The molecular formula is C15H22N4O3. The number of aryl methyl sites for hydroxylation is 2. The van der Waals surface area contributed by atoms with Crippen molar-refractivity contribution in [3.63, 3.8) is 0 Å². The number of unbranched alkanes of at least 4 members (excludes halogenated alkanes) is 1. The number of nitrogens with zero attached hydrogens (tertiary/aromatic N) is 4. The Hall–Kier alpha value is -2.18. The molecular weight excluding hydrogens is 284 g/mol. The Morgan fingerprint density at radius 3 is 2.86 bits per heavy atom. The summed E-state index contributed by atoms with van der Waals surface area (Å²) in [5, 5.41) is 0. The molecule has 0 aliphatic heterocycles. The topological polar surface area (TPSA) is 78.9 Å². The quantitative estimate of drug-likeness (QED) is 0.716. The Labute approximate surface area is 138 Å². The van der Waals surface area contributed by atoms with Crippen molar-refractivity contribution >= 4 is 16.9 Å². The van der Waals surface area contributed by atoms with Gasteiger partial charge in [0.2, 0.25) is 0 Å². The Bertz CT molecular complexity index is 1050. The van der Waals surface area contributed by atoms with Crippen molar-refractivity contribution in [2.45, 2.75) is 52.5 Å². The number of rotatable bonds is 7. The maximum Gasteiger partial charge on any atom is 0.332 e. The first-order valence-electron chi connectivity index (χ1n) is 10.3. The van der Waals surface area contributed by atoms with E-state index in [1.807, 2.05) is 0 Å². The lowest BCUT2D eigenvalue weighted by atomic mass is 10.2. The number of carbonyl (C=O) groups is 1. The number of Topliss-reactive ketones (excluding diaryl/α,β-unsaturated/α-hetero) is 1. The van der Waals surface area contributed by atoms with E-state index in [-0.39, 0.29) is 24.4 Å². The zero-order chi connectivity index (χ0) is 22.4. The molecule has 0 bridgehead atoms. The van der Waals surface area contributed by atoms with Crippen molar-refractivity contribution in [3.8, 4) is 0 Å². The van der Waals surface area contributed by atoms with E-state index in [4.69, 9.17) is 9.60 Å². The molecule has 0 saturated carbocycles. The van der Waals surface area contributed by atoms with Gasteiger partial charge in [0.1, 0.15) is 5.78 Å². The van der Waals surface area contributed by atoms with Gasteiger partial charge in [0.25, 0.3) is 5.56 Å². The van der Waals surface area contributed by atoms with Gasteiger partial charge in [-0.05, 0) is 26.1 Å². The summed E-state index contributed by atoms with van der Waals surface area (Å²) in [5.41, 5.74) is -2.22. The molecule has 0 fully saturated rings. The predicted molar refractivity (Wildman–Crippen MR) is 84.1 cm³/mol. The van der Waals surface area contributed by atoms with Gasteiger partial charge >= 0.3 is 5.69 Å². The minimum absolute atomic E-state index is 0.0288. The molecule has 0 unspecified atom stereocenters. The highest BCUT2D eigenvalue weighted by Gasteiger charge is 2.15. The minimum Gasteiger partial charge on any atom is -0.325 e. The molecule has 2 rings (SSSR count). The van der Waals surface area contributed by atoms with Crippen LogP contribution in [-0.2, 0) is 24.9 Å². The van der Waals surface area contributed by atoms with E-state index >= 15 is 0 Å². The van der Waals surface area contributed by atoms with Gasteiger partial charge < -0.3 is 9.36 Å². The van der Waals surface area contributed by atoms with Crippen LogP contribution in [0.15, 0.2) is 15.9 Å². The molecule has 7 nitrogen and oxygen atoms in total. The molecule has 0 aromatic carbocycles. The maximum atomic E-state index is 12.9. The lowest BCUT2D eigenvalue weighted by Crippen LogP contribution is -2.39. The number of fused-ring (bicyclic) bond motifs is 1. The van der Waals surface area contributed by atoms with Gasteiger partial charge in [-0.1, -0.05) is 6.85 Å². The van der Waals surface area contributed by atoms with E-state index in [2.05, 4.69) is 4.98 Å². The fourth-order valence-electron chi connectivity index (χ4n) is 2.26. The molecule has 0 N–H and O–H groups in total. The smallest absolute Gasteiger partial charge is 0.325 e. The van der Waals surface area contributed by atoms with Gasteiger partial charge in [0.05, 0.1) is 6.33 Å². The number of hydrogen-bond donors (Lipinski definition) is 0. The summed E-state index contributed by atoms with van der Waals surface area (Å²) < 4.78 is 56.2. The monoisotopic (exact) mass is 313 g/mol. The fourth-order valence-corrected chi connectivity index (χ4v) is 2.26. The van der Waals surface area contributed by atoms with Gasteiger partial charge in [0.15, 0.2) is 11.2 Å². The second-order valence-corrected chi connectivity index (χ2v) is 4.98. The van der Waals surface area contributed by atoms with Gasteiger partial charge in [-0.2, -0.15) is 0 Å². The first kappa shape index (κ1) is 9.07. The second-order valence-electron chi connectivity index (χ2n) is 4.98. The number of carbonyl (C=O) groups excluding carboxylic acids is 1. The van der Waals surface area contributed by atoms with E-state index in [9.17, 15) is 14.4 Å². The normalized spacial score (nSPS) is 17.8. The van der Waals surface area contributed by atoms with Crippen molar-refractivity contribution in [3.05, 3.63) is 27.2 Å². The van der Waals surface area contributed by atoms with Crippen LogP contribution in [0.5, 0.6) is 0 Å². The van der Waals surface area contributed by atoms with Gasteiger partial charge in [-0.3, -0.25) is 13.9 Å². The summed E-state index contributed by atoms with van der Waals surface area (Å²) in [7, 11) is 1.32. The maximum absolute atomic E-state index is 12.9. The van der Waals surface area contributed by atoms with Crippen LogP contribution in [-0.4, -0.2) is 24.5 Å². The largest absolute Gasteiger partial charge is 0.332 e. The molecule has 0 radical (unpaired) electrons. The summed E-state index contributed by atoms with van der Waals surface area (Å²) >= 11 is 0. The molecule has 120 valence electrons. The molecule has 0 atom stereocenters. The van der Waals surface area contributed by atoms with Crippen molar-refractivity contribution in [2.75, 3.05) is 0 Å². The lowest BCUT2D eigenvalue weighted by molar-refractivity contribution is -0.117. The van der Waals surface area contributed by atoms with Crippen LogP contribution in [0.1, 0.15) is 49.0 Å². The highest BCUT2D eigenvalue weighted by molar-refractivity contribution is 5.75. The number of imidazole rings is 1. The molecule has 2 aromatic heterocycles. The molecule has 2 aromatic rings. The van der Waals surface area contributed by atoms with Crippen LogP contribution in [0.4, 0.5) is 0 Å². The van der Waals surface area contributed by atoms with Crippen LogP contribution in [0.3, 0.4) is 0 Å². The zero-order valence-corrected chi connectivity index (χ0v) is 12.4. The standard InChI is InChI=1S/C15H22N4O3/c1-4-8-18-10-16-13-12(18)14(21)19(15(22)17(13)3)9-6-5-7-11(2)20/h10H,4-9H2,1-3H3/i1D3,4D2,8D2. The second kappa shape index (κ2) is 6.72. The molecule has 0 aliphatic rings. The summed E-state index contributed by atoms with van der Waals surface area (Å²) in [6, 6.07) is 0. The number of hydrogen-bond acceptors (Lipinski definition) is 4. The molecule has 7 heteroatoms. The predicted octanol–water partition coefficient (Wildman–Crippen LogP) is 1.07. The van der Waals surface area contributed by atoms with Crippen LogP contribution < -0.4 is 11.2 Å². The minimum atomic E-state index is -3.35. The third kappa shape index (κ3) is 3.03. The molecule has 0 saturated heterocycles. The van der Waals surface area contributed by atoms with Gasteiger partial charge in [0, 0.05) is 36.1 Å². The Morgan fingerprint density at radius 2 is 2.18 bits per heavy atom. The Balaban J connectivity index is 2.65. The van der Waals surface area contributed by atoms with Gasteiger partial charge in [-0.25, -0.2) is 9.78 Å². The van der Waals surface area contributed by atoms with E-state index in [1.165, 1.54) is 14.0 Å². The fraction of sp³-hybridized carbons (Fsp3) is 0.600. The van der Waals surface area contributed by atoms with Crippen molar-refractivity contribution in [1.29, 1.82) is 0 Å². The highest BCUT2D eigenvalue weighted by atomic mass is 16.2. The first-order valence-corrected chi connectivity index (χ1v) is 6.81. The SMILES string of the molecule is [2H]C([2H])([2H])C([2H])([2H])C([2H])([2H])n1cnc2c1c(=O)n(CCCCC(C)=O)c(=O)n2C. The molecule has 0 spiro atoms. The molecule has 2 heterocycles. The lowest BCUT2D eigenvalue weighted by Gasteiger charge is -2.09. The average Bonchev–Trinajstić information content (AvgIpc) is 3.03. The Morgan fingerprint density at radius 1 is 1.41 bits per heavy atom. The number of aromatic nitrogens is 4. The van der Waals surface area contributed by atoms with Crippen molar-refractivity contribution < 1.29 is 14.4 Å². The van der Waals surface area contributed by atoms with Crippen LogP contribution in [0.2, 0.25) is 0 Å². The third-order valence-corrected chi connectivity index (χ3v) is 3.37. The molecule has 0 aliphatic carbocycles. The summed E-state index contributed by atoms with van der Waals surface area (Å²) in [6.45, 7) is -5.08. The summed E-state index contributed by atoms with van der Waals surface area (Å²) in [4.78, 5) is 40.3.